The maximum Gasteiger partial charge on any atom is 0.304 e. The van der Waals surface area contributed by atoms with Crippen LogP contribution in [0.15, 0.2) is 0 Å². The van der Waals surface area contributed by atoms with Gasteiger partial charge in [-0.05, 0) is 42.9 Å². The van der Waals surface area contributed by atoms with Crippen LogP contribution < -0.4 is 10.6 Å². The summed E-state index contributed by atoms with van der Waals surface area (Å²) in [6.45, 7) is 10.3. The molecule has 268 valence electrons. The fourth-order valence-corrected chi connectivity index (χ4v) is 6.51. The molecule has 14 nitrogen and oxygen atoms in total. The number of nitrogens with zero attached hydrogens (tertiary/aromatic N) is 1. The number of carboxylic acid groups (broad SMARTS) is 2. The molecule has 2 fully saturated rings. The average molecular weight is 678 g/mol. The maximum atomic E-state index is 13.9. The van der Waals surface area contributed by atoms with Gasteiger partial charge in [0.25, 0.3) is 0 Å². The Morgan fingerprint density at radius 1 is 0.854 bits per heavy atom. The highest BCUT2D eigenvalue weighted by atomic mass is 16.4. The smallest absolute Gasteiger partial charge is 0.304 e. The number of aldehydes is 1. The van der Waals surface area contributed by atoms with Crippen molar-refractivity contribution >= 4 is 53.3 Å². The van der Waals surface area contributed by atoms with Gasteiger partial charge in [-0.25, -0.2) is 0 Å². The number of nitrogens with one attached hydrogen (secondary N) is 2. The number of fused-ring (bicyclic) bond motifs is 1. The third-order valence-electron chi connectivity index (χ3n) is 9.45. The third-order valence-corrected chi connectivity index (χ3v) is 9.45. The monoisotopic (exact) mass is 677 g/mol. The number of aliphatic carboxylic acids is 2. The van der Waals surface area contributed by atoms with Crippen molar-refractivity contribution in [1.82, 2.24) is 15.5 Å². The van der Waals surface area contributed by atoms with Crippen LogP contribution in [0.4, 0.5) is 0 Å². The van der Waals surface area contributed by atoms with Crippen molar-refractivity contribution in [3.05, 3.63) is 0 Å². The summed E-state index contributed by atoms with van der Waals surface area (Å²) in [5.41, 5.74) is 0. The Hall–Kier alpha value is -3.97. The van der Waals surface area contributed by atoms with Crippen molar-refractivity contribution in [3.63, 3.8) is 0 Å². The van der Waals surface area contributed by atoms with Crippen LogP contribution in [-0.4, -0.2) is 93.1 Å². The van der Waals surface area contributed by atoms with E-state index in [-0.39, 0.29) is 48.7 Å². The van der Waals surface area contributed by atoms with E-state index in [1.165, 1.54) is 0 Å². The molecule has 2 rings (SSSR count). The molecule has 4 N–H and O–H groups in total. The summed E-state index contributed by atoms with van der Waals surface area (Å²) < 4.78 is 0. The summed E-state index contributed by atoms with van der Waals surface area (Å²) in [4.78, 5) is 115. The highest BCUT2D eigenvalue weighted by Crippen LogP contribution is 2.51. The van der Waals surface area contributed by atoms with Crippen LogP contribution in [-0.2, 0) is 43.2 Å². The minimum atomic E-state index is -1.42. The van der Waals surface area contributed by atoms with Gasteiger partial charge in [0.2, 0.25) is 17.7 Å². The van der Waals surface area contributed by atoms with E-state index in [0.717, 1.165) is 19.6 Å². The first-order chi connectivity index (χ1) is 22.4. The minimum absolute atomic E-state index is 0.0417. The van der Waals surface area contributed by atoms with Crippen LogP contribution in [0.1, 0.15) is 92.9 Å². The Kier molecular flexibility index (Phi) is 15.1. The van der Waals surface area contributed by atoms with Gasteiger partial charge >= 0.3 is 11.9 Å². The zero-order chi connectivity index (χ0) is 36.5. The SMILES string of the molecule is CCC(C=O)CC(=O)[C@@H]1C2CC2CN1C(=O)[C@@H](CC(=O)[C@@H](NC(=O)[C@H](CC(=O)O)CC(=O)[C@H](CCC(=O)O)NC(C)=O)C(C)C)C(C)C. The molecular weight excluding hydrogens is 626 g/mol. The molecule has 0 radical (unpaired) electrons. The number of rotatable bonds is 22. The second kappa shape index (κ2) is 18.0. The molecule has 1 aliphatic heterocycles. The number of carbonyl (C=O) groups excluding carboxylic acids is 7. The van der Waals surface area contributed by atoms with Gasteiger partial charge in [0.05, 0.1) is 30.5 Å². The Balaban J connectivity index is 2.22. The number of ketones is 3. The third kappa shape index (κ3) is 11.3. The van der Waals surface area contributed by atoms with Crippen LogP contribution in [0.25, 0.3) is 0 Å². The standard InChI is InChI=1S/C34H51N3O11/c1-7-20(16-38)10-28(42)32-24-11-22(24)15-37(32)34(48)23(17(2)3)14-27(41)31(18(4)5)36-33(47)21(13-30(45)46)12-26(40)25(35-19(6)39)8-9-29(43)44/h16-18,20-25,31-32H,7-15H2,1-6H3,(H,35,39)(H,36,47)(H,43,44)(H,45,46)/t20?,21-,22?,23-,24?,25-,31-,32-/m0/s1. The lowest BCUT2D eigenvalue weighted by Gasteiger charge is -2.33. The van der Waals surface area contributed by atoms with E-state index < -0.39 is 96.4 Å². The van der Waals surface area contributed by atoms with Crippen molar-refractivity contribution < 1.29 is 53.4 Å². The molecule has 1 heterocycles. The molecule has 3 unspecified atom stereocenters. The van der Waals surface area contributed by atoms with E-state index >= 15 is 0 Å². The minimum Gasteiger partial charge on any atom is -0.481 e. The van der Waals surface area contributed by atoms with Gasteiger partial charge < -0.3 is 30.5 Å². The predicted octanol–water partition coefficient (Wildman–Crippen LogP) is 1.81. The van der Waals surface area contributed by atoms with Crippen LogP contribution in [0.5, 0.6) is 0 Å². The van der Waals surface area contributed by atoms with E-state index in [1.807, 2.05) is 6.92 Å². The van der Waals surface area contributed by atoms with Crippen molar-refractivity contribution in [2.24, 2.45) is 41.4 Å². The first-order valence-corrected chi connectivity index (χ1v) is 16.8. The molecule has 14 heteroatoms. The lowest BCUT2D eigenvalue weighted by Crippen LogP contribution is -2.51. The number of hydrogen-bond acceptors (Lipinski definition) is 9. The van der Waals surface area contributed by atoms with E-state index in [9.17, 15) is 48.3 Å². The van der Waals surface area contributed by atoms with Crippen molar-refractivity contribution in [2.75, 3.05) is 6.54 Å². The van der Waals surface area contributed by atoms with Gasteiger partial charge in [-0.2, -0.15) is 0 Å². The molecule has 3 amide bonds. The highest BCUT2D eigenvalue weighted by molar-refractivity contribution is 5.98. The first-order valence-electron chi connectivity index (χ1n) is 16.8. The molecule has 2 aliphatic rings. The Morgan fingerprint density at radius 2 is 1.50 bits per heavy atom. The lowest BCUT2D eigenvalue weighted by atomic mass is 9.84. The van der Waals surface area contributed by atoms with Crippen molar-refractivity contribution in [1.29, 1.82) is 0 Å². The number of hydrogen-bond donors (Lipinski definition) is 4. The molecular formula is C34H51N3O11. The largest absolute Gasteiger partial charge is 0.481 e. The van der Waals surface area contributed by atoms with Gasteiger partial charge in [0, 0.05) is 51.0 Å². The summed E-state index contributed by atoms with van der Waals surface area (Å²) in [5.74, 6) is -8.94. The Bertz CT molecular complexity index is 1260. The highest BCUT2D eigenvalue weighted by Gasteiger charge is 2.57. The van der Waals surface area contributed by atoms with Crippen molar-refractivity contribution in [2.45, 2.75) is 111 Å². The number of piperidine rings is 1. The van der Waals surface area contributed by atoms with E-state index in [4.69, 9.17) is 5.11 Å². The summed E-state index contributed by atoms with van der Waals surface area (Å²) in [6, 6.07) is -3.01. The second-order valence-electron chi connectivity index (χ2n) is 14.0. The summed E-state index contributed by atoms with van der Waals surface area (Å²) in [5, 5.41) is 23.4. The molecule has 0 bridgehead atoms. The van der Waals surface area contributed by atoms with Crippen LogP contribution in [0.3, 0.4) is 0 Å². The fourth-order valence-electron chi connectivity index (χ4n) is 6.51. The zero-order valence-electron chi connectivity index (χ0n) is 28.7. The quantitative estimate of drug-likeness (QED) is 0.121. The molecule has 0 aromatic rings. The van der Waals surface area contributed by atoms with Gasteiger partial charge in [-0.3, -0.25) is 38.4 Å². The number of amides is 3. The Morgan fingerprint density at radius 3 is 2.00 bits per heavy atom. The van der Waals surface area contributed by atoms with Gasteiger partial charge in [0.15, 0.2) is 17.3 Å². The molecule has 8 atom stereocenters. The topological polar surface area (TPSA) is 221 Å². The first kappa shape index (κ1) is 40.2. The van der Waals surface area contributed by atoms with Crippen LogP contribution >= 0.6 is 0 Å². The zero-order valence-corrected chi connectivity index (χ0v) is 28.7. The maximum absolute atomic E-state index is 13.9. The van der Waals surface area contributed by atoms with Gasteiger partial charge in [-0.15, -0.1) is 0 Å². The number of carboxylic acids is 2. The van der Waals surface area contributed by atoms with Crippen LogP contribution in [0.2, 0.25) is 0 Å². The van der Waals surface area contributed by atoms with Gasteiger partial charge in [0.1, 0.15) is 6.29 Å². The molecule has 0 spiro atoms. The molecule has 1 saturated heterocycles. The Labute approximate surface area is 281 Å². The number of carbonyl (C=O) groups is 9. The predicted molar refractivity (Wildman–Crippen MR) is 171 cm³/mol. The number of likely N-dealkylation sites (tertiary alicyclic amines) is 1. The lowest BCUT2D eigenvalue weighted by molar-refractivity contribution is -0.146. The molecule has 48 heavy (non-hydrogen) atoms. The normalized spacial score (nSPS) is 21.3. The fraction of sp³-hybridized carbons (Fsp3) is 0.735. The average Bonchev–Trinajstić information content (AvgIpc) is 3.65. The van der Waals surface area contributed by atoms with E-state index in [0.29, 0.717) is 13.0 Å². The van der Waals surface area contributed by atoms with Crippen LogP contribution in [0, 0.1) is 41.4 Å². The number of Topliss-reactive ketones (excluding diaryl/α,β-unsaturated/α-hetero) is 3. The second-order valence-corrected chi connectivity index (χ2v) is 14.0. The van der Waals surface area contributed by atoms with Gasteiger partial charge in [-0.1, -0.05) is 34.6 Å². The van der Waals surface area contributed by atoms with Crippen molar-refractivity contribution in [3.8, 4) is 0 Å². The molecule has 0 aromatic carbocycles. The molecule has 1 saturated carbocycles. The summed E-state index contributed by atoms with van der Waals surface area (Å²) in [7, 11) is 0. The van der Waals surface area contributed by atoms with E-state index in [1.54, 1.807) is 32.6 Å². The summed E-state index contributed by atoms with van der Waals surface area (Å²) >= 11 is 0. The molecule has 0 aromatic heterocycles. The molecule has 1 aliphatic carbocycles. The summed E-state index contributed by atoms with van der Waals surface area (Å²) in [6.07, 6.45) is -0.178. The van der Waals surface area contributed by atoms with E-state index in [2.05, 4.69) is 10.6 Å².